The molecule has 0 aromatic heterocycles. The van der Waals surface area contributed by atoms with Crippen LogP contribution >= 0.6 is 0 Å². The molecule has 0 aliphatic heterocycles. The van der Waals surface area contributed by atoms with Crippen LogP contribution in [-0.4, -0.2) is 0 Å². The third-order valence-corrected chi connectivity index (χ3v) is 1.79. The van der Waals surface area contributed by atoms with Gasteiger partial charge in [-0.15, -0.1) is 4.91 Å². The first-order chi connectivity index (χ1) is 5.92. The molecule has 2 aromatic rings. The van der Waals surface area contributed by atoms with Gasteiger partial charge in [0.2, 0.25) is 0 Å². The van der Waals surface area contributed by atoms with Gasteiger partial charge in [0.15, 0.2) is 0 Å². The van der Waals surface area contributed by atoms with Crippen molar-refractivity contribution < 1.29 is 0 Å². The Kier molecular flexibility index (Phi) is 1.59. The minimum Gasteiger partial charge on any atom is -0.145 e. The van der Waals surface area contributed by atoms with Gasteiger partial charge in [-0.1, -0.05) is 36.4 Å². The van der Waals surface area contributed by atoms with Gasteiger partial charge in [0.05, 0.1) is 0 Å². The molecule has 0 aliphatic carbocycles. The number of hydrogen-bond acceptors (Lipinski definition) is 2. The van der Waals surface area contributed by atoms with Crippen LogP contribution in [0.25, 0.3) is 10.8 Å². The molecule has 0 heterocycles. The molecule has 0 spiro atoms. The molecular formula is C10H6NO. The molecule has 0 aliphatic rings. The van der Waals surface area contributed by atoms with Crippen LogP contribution < -0.4 is 0 Å². The van der Waals surface area contributed by atoms with E-state index in [2.05, 4.69) is 11.2 Å². The number of rotatable bonds is 1. The highest BCUT2D eigenvalue weighted by molar-refractivity contribution is 5.91. The maximum absolute atomic E-state index is 10.3. The predicted octanol–water partition coefficient (Wildman–Crippen LogP) is 3.04. The van der Waals surface area contributed by atoms with Crippen LogP contribution in [0.2, 0.25) is 0 Å². The zero-order valence-electron chi connectivity index (χ0n) is 6.32. The van der Waals surface area contributed by atoms with Crippen molar-refractivity contribution in [3.63, 3.8) is 0 Å². The van der Waals surface area contributed by atoms with Crippen LogP contribution in [0.3, 0.4) is 0 Å². The van der Waals surface area contributed by atoms with Crippen molar-refractivity contribution in [2.24, 2.45) is 5.18 Å². The van der Waals surface area contributed by atoms with Gasteiger partial charge < -0.3 is 0 Å². The lowest BCUT2D eigenvalue weighted by molar-refractivity contribution is 1.53. The van der Waals surface area contributed by atoms with Gasteiger partial charge in [-0.2, -0.15) is 0 Å². The lowest BCUT2D eigenvalue weighted by atomic mass is 10.1. The zero-order valence-corrected chi connectivity index (χ0v) is 6.32. The summed E-state index contributed by atoms with van der Waals surface area (Å²) in [5, 5.41) is 4.77. The van der Waals surface area contributed by atoms with Crippen LogP contribution in [0.5, 0.6) is 0 Å². The van der Waals surface area contributed by atoms with E-state index in [-0.39, 0.29) is 0 Å². The molecule has 2 heteroatoms. The molecule has 0 bridgehead atoms. The fourth-order valence-corrected chi connectivity index (χ4v) is 1.22. The van der Waals surface area contributed by atoms with E-state index in [9.17, 15) is 4.91 Å². The number of benzene rings is 2. The monoisotopic (exact) mass is 156 g/mol. The standard InChI is InChI=1S/C10H6NO/c12-11-10-7-3-5-8-4-1-2-6-9(8)10/h1-6H. The highest BCUT2D eigenvalue weighted by Gasteiger charge is 1.98. The lowest BCUT2D eigenvalue weighted by Gasteiger charge is -1.96. The normalized spacial score (nSPS) is 10.0. The summed E-state index contributed by atoms with van der Waals surface area (Å²) >= 11 is 0. The topological polar surface area (TPSA) is 29.4 Å². The summed E-state index contributed by atoms with van der Waals surface area (Å²) in [6, 6.07) is 14.0. The Hall–Kier alpha value is -1.70. The molecule has 2 nitrogen and oxygen atoms in total. The number of fused-ring (bicyclic) bond motifs is 1. The summed E-state index contributed by atoms with van der Waals surface area (Å²) < 4.78 is 0. The maximum atomic E-state index is 10.3. The molecule has 0 N–H and O–H groups in total. The first-order valence-corrected chi connectivity index (χ1v) is 3.64. The Balaban J connectivity index is 2.88. The third-order valence-electron chi connectivity index (χ3n) is 1.79. The van der Waals surface area contributed by atoms with Gasteiger partial charge in [-0.3, -0.25) is 0 Å². The summed E-state index contributed by atoms with van der Waals surface area (Å²) in [4.78, 5) is 10.3. The third kappa shape index (κ3) is 0.975. The molecule has 2 aromatic carbocycles. The van der Waals surface area contributed by atoms with Crippen molar-refractivity contribution in [2.75, 3.05) is 0 Å². The molecule has 0 fully saturated rings. The van der Waals surface area contributed by atoms with Crippen LogP contribution in [-0.2, 0) is 0 Å². The summed E-state index contributed by atoms with van der Waals surface area (Å²) in [5.41, 5.74) is 0.383. The van der Waals surface area contributed by atoms with Crippen molar-refractivity contribution >= 4 is 16.5 Å². The molecular weight excluding hydrogens is 150 g/mol. The predicted molar refractivity (Wildman–Crippen MR) is 48.2 cm³/mol. The molecule has 1 radical (unpaired) electrons. The van der Waals surface area contributed by atoms with Crippen LogP contribution in [0.1, 0.15) is 0 Å². The lowest BCUT2D eigenvalue weighted by Crippen LogP contribution is -1.71. The SMILES string of the molecule is O=Nc1[c]ccc2ccccc12. The number of hydrogen-bond donors (Lipinski definition) is 0. The van der Waals surface area contributed by atoms with E-state index in [0.717, 1.165) is 10.8 Å². The molecule has 57 valence electrons. The number of nitroso groups, excluding NO2 is 1. The zero-order chi connectivity index (χ0) is 8.39. The average Bonchev–Trinajstić information content (AvgIpc) is 2.17. The second-order valence-corrected chi connectivity index (χ2v) is 2.50. The molecule has 12 heavy (non-hydrogen) atoms. The minimum absolute atomic E-state index is 0.383. The molecule has 0 amide bonds. The molecule has 0 saturated carbocycles. The van der Waals surface area contributed by atoms with Crippen molar-refractivity contribution in [3.8, 4) is 0 Å². The minimum atomic E-state index is 0.383. The summed E-state index contributed by atoms with van der Waals surface area (Å²) in [5.74, 6) is 0. The Morgan fingerprint density at radius 3 is 2.83 bits per heavy atom. The Bertz CT molecular complexity index is 418. The largest absolute Gasteiger partial charge is 0.145 e. The van der Waals surface area contributed by atoms with Crippen molar-refractivity contribution in [2.45, 2.75) is 0 Å². The van der Waals surface area contributed by atoms with Crippen LogP contribution in [0, 0.1) is 11.0 Å². The fourth-order valence-electron chi connectivity index (χ4n) is 1.22. The first kappa shape index (κ1) is 6.98. The van der Waals surface area contributed by atoms with Gasteiger partial charge in [0.1, 0.15) is 5.69 Å². The highest BCUT2D eigenvalue weighted by Crippen LogP contribution is 2.24. The second kappa shape index (κ2) is 2.74. The summed E-state index contributed by atoms with van der Waals surface area (Å²) in [7, 11) is 0. The van der Waals surface area contributed by atoms with Crippen LogP contribution in [0.4, 0.5) is 5.69 Å². The Labute approximate surface area is 69.8 Å². The Morgan fingerprint density at radius 1 is 1.17 bits per heavy atom. The van der Waals surface area contributed by atoms with Gasteiger partial charge in [0.25, 0.3) is 0 Å². The van der Waals surface area contributed by atoms with E-state index in [1.165, 1.54) is 0 Å². The van der Waals surface area contributed by atoms with Gasteiger partial charge in [-0.25, -0.2) is 0 Å². The first-order valence-electron chi connectivity index (χ1n) is 3.64. The van der Waals surface area contributed by atoms with E-state index in [0.29, 0.717) is 5.69 Å². The molecule has 0 saturated heterocycles. The van der Waals surface area contributed by atoms with E-state index in [1.54, 1.807) is 6.07 Å². The quantitative estimate of drug-likeness (QED) is 0.583. The van der Waals surface area contributed by atoms with Crippen LogP contribution in [0.15, 0.2) is 41.6 Å². The number of nitrogens with zero attached hydrogens (tertiary/aromatic N) is 1. The average molecular weight is 156 g/mol. The van der Waals surface area contributed by atoms with E-state index in [1.807, 2.05) is 30.3 Å². The van der Waals surface area contributed by atoms with Gasteiger partial charge in [0, 0.05) is 11.5 Å². The molecule has 0 unspecified atom stereocenters. The highest BCUT2D eigenvalue weighted by atomic mass is 16.3. The van der Waals surface area contributed by atoms with Crippen molar-refractivity contribution in [3.05, 3.63) is 47.4 Å². The smallest absolute Gasteiger partial charge is 0.123 e. The van der Waals surface area contributed by atoms with Crippen molar-refractivity contribution in [1.29, 1.82) is 0 Å². The molecule has 2 rings (SSSR count). The Morgan fingerprint density at radius 2 is 2.00 bits per heavy atom. The maximum Gasteiger partial charge on any atom is 0.123 e. The fraction of sp³-hybridized carbons (Fsp3) is 0. The van der Waals surface area contributed by atoms with Crippen molar-refractivity contribution in [1.82, 2.24) is 0 Å². The van der Waals surface area contributed by atoms with E-state index >= 15 is 0 Å². The van der Waals surface area contributed by atoms with E-state index in [4.69, 9.17) is 0 Å². The van der Waals surface area contributed by atoms with Gasteiger partial charge >= 0.3 is 0 Å². The van der Waals surface area contributed by atoms with E-state index < -0.39 is 0 Å². The second-order valence-electron chi connectivity index (χ2n) is 2.50. The summed E-state index contributed by atoms with van der Waals surface area (Å²) in [6.07, 6.45) is 0. The molecule has 0 atom stereocenters. The summed E-state index contributed by atoms with van der Waals surface area (Å²) in [6.45, 7) is 0. The van der Waals surface area contributed by atoms with Gasteiger partial charge in [-0.05, 0) is 10.6 Å².